The third kappa shape index (κ3) is 3.30. The predicted octanol–water partition coefficient (Wildman–Crippen LogP) is 3.64. The van der Waals surface area contributed by atoms with E-state index in [-0.39, 0.29) is 0 Å². The smallest absolute Gasteiger partial charge is 0.178 e. The first-order valence-corrected chi connectivity index (χ1v) is 11.7. The van der Waals surface area contributed by atoms with Crippen LogP contribution in [0, 0.1) is 5.41 Å². The van der Waals surface area contributed by atoms with Crippen LogP contribution >= 0.6 is 0 Å². The zero-order chi connectivity index (χ0) is 21.5. The van der Waals surface area contributed by atoms with Crippen LogP contribution in [-0.4, -0.2) is 57.6 Å². The molecule has 2 aliphatic heterocycles. The summed E-state index contributed by atoms with van der Waals surface area (Å²) < 4.78 is 7.68. The van der Waals surface area contributed by atoms with Gasteiger partial charge in [0.25, 0.3) is 0 Å². The lowest BCUT2D eigenvalue weighted by molar-refractivity contribution is 0.161. The average molecular weight is 432 g/mol. The number of ether oxygens (including phenoxy) is 1. The van der Waals surface area contributed by atoms with Crippen molar-refractivity contribution in [2.24, 2.45) is 5.41 Å². The Bertz CT molecular complexity index is 1230. The van der Waals surface area contributed by atoms with Crippen LogP contribution in [0.4, 0.5) is 5.82 Å². The molecule has 6 heterocycles. The summed E-state index contributed by atoms with van der Waals surface area (Å²) in [5.41, 5.74) is 4.37. The predicted molar refractivity (Wildman–Crippen MR) is 125 cm³/mol. The highest BCUT2D eigenvalue weighted by atomic mass is 16.5. The maximum Gasteiger partial charge on any atom is 0.178 e. The number of rotatable bonds is 4. The lowest BCUT2D eigenvalue weighted by Gasteiger charge is -2.44. The van der Waals surface area contributed by atoms with Crippen LogP contribution in [0.25, 0.3) is 27.7 Å². The number of H-pyrrole nitrogens is 1. The van der Waals surface area contributed by atoms with E-state index in [1.807, 2.05) is 30.0 Å². The maximum atomic E-state index is 5.80. The molecule has 32 heavy (non-hydrogen) atoms. The van der Waals surface area contributed by atoms with Crippen molar-refractivity contribution in [3.8, 4) is 16.9 Å². The molecule has 2 N–H and O–H groups in total. The minimum absolute atomic E-state index is 0.498. The number of hydrogen-bond donors (Lipinski definition) is 2. The van der Waals surface area contributed by atoms with E-state index in [1.165, 1.54) is 38.8 Å². The van der Waals surface area contributed by atoms with Crippen LogP contribution in [0.1, 0.15) is 32.6 Å². The first-order chi connectivity index (χ1) is 15.7. The Balaban J connectivity index is 1.30. The lowest BCUT2D eigenvalue weighted by Crippen LogP contribution is -2.48. The van der Waals surface area contributed by atoms with Crippen molar-refractivity contribution in [3.63, 3.8) is 0 Å². The molecule has 8 nitrogen and oxygen atoms in total. The first-order valence-electron chi connectivity index (χ1n) is 11.7. The molecule has 0 radical (unpaired) electrons. The van der Waals surface area contributed by atoms with Crippen LogP contribution < -0.4 is 15.0 Å². The Morgan fingerprint density at radius 2 is 2.06 bits per heavy atom. The third-order valence-electron chi connectivity index (χ3n) is 7.18. The highest BCUT2D eigenvalue weighted by Crippen LogP contribution is 2.39. The summed E-state index contributed by atoms with van der Waals surface area (Å²) in [6.45, 7) is 7.10. The number of piperidine rings is 2. The van der Waals surface area contributed by atoms with Gasteiger partial charge in [0.05, 0.1) is 29.9 Å². The van der Waals surface area contributed by atoms with E-state index in [9.17, 15) is 0 Å². The van der Waals surface area contributed by atoms with E-state index in [4.69, 9.17) is 9.72 Å². The van der Waals surface area contributed by atoms with Crippen molar-refractivity contribution in [1.82, 2.24) is 30.1 Å². The Morgan fingerprint density at radius 1 is 1.16 bits per heavy atom. The van der Waals surface area contributed by atoms with Crippen molar-refractivity contribution in [1.29, 1.82) is 0 Å². The minimum Gasteiger partial charge on any atom is -0.492 e. The summed E-state index contributed by atoms with van der Waals surface area (Å²) in [6.07, 6.45) is 10.9. The second-order valence-corrected chi connectivity index (χ2v) is 9.12. The second kappa shape index (κ2) is 7.78. The van der Waals surface area contributed by atoms with Gasteiger partial charge >= 0.3 is 0 Å². The summed E-state index contributed by atoms with van der Waals surface area (Å²) in [6, 6.07) is 6.39. The zero-order valence-corrected chi connectivity index (χ0v) is 18.5. The van der Waals surface area contributed by atoms with Gasteiger partial charge in [-0.05, 0) is 62.8 Å². The zero-order valence-electron chi connectivity index (χ0n) is 18.5. The number of fused-ring (bicyclic) bond motifs is 3. The molecule has 166 valence electrons. The molecular weight excluding hydrogens is 402 g/mol. The summed E-state index contributed by atoms with van der Waals surface area (Å²) in [7, 11) is 0. The van der Waals surface area contributed by atoms with Crippen molar-refractivity contribution in [3.05, 3.63) is 36.8 Å². The van der Waals surface area contributed by atoms with Gasteiger partial charge in [0.15, 0.2) is 5.65 Å². The van der Waals surface area contributed by atoms with Crippen LogP contribution in [0.2, 0.25) is 0 Å². The fraction of sp³-hybridized carbons (Fsp3) is 0.458. The summed E-state index contributed by atoms with van der Waals surface area (Å²) in [4.78, 5) is 7.30. The van der Waals surface area contributed by atoms with E-state index in [2.05, 4.69) is 43.7 Å². The van der Waals surface area contributed by atoms with Crippen molar-refractivity contribution < 1.29 is 4.74 Å². The van der Waals surface area contributed by atoms with Crippen LogP contribution in [0.3, 0.4) is 0 Å². The lowest BCUT2D eigenvalue weighted by atomic mass is 9.73. The monoisotopic (exact) mass is 431 g/mol. The van der Waals surface area contributed by atoms with Crippen molar-refractivity contribution >= 4 is 22.4 Å². The van der Waals surface area contributed by atoms with Gasteiger partial charge in [0.2, 0.25) is 0 Å². The molecule has 4 aromatic heterocycles. The summed E-state index contributed by atoms with van der Waals surface area (Å²) in [5, 5.41) is 16.3. The van der Waals surface area contributed by atoms with Gasteiger partial charge in [-0.25, -0.2) is 9.50 Å². The van der Waals surface area contributed by atoms with E-state index < -0.39 is 0 Å². The molecule has 0 aliphatic carbocycles. The van der Waals surface area contributed by atoms with E-state index in [1.54, 1.807) is 0 Å². The Morgan fingerprint density at radius 3 is 2.81 bits per heavy atom. The molecule has 8 heteroatoms. The average Bonchev–Trinajstić information content (AvgIpc) is 3.41. The van der Waals surface area contributed by atoms with Crippen LogP contribution in [0.15, 0.2) is 36.8 Å². The quantitative estimate of drug-likeness (QED) is 0.513. The molecule has 2 aliphatic rings. The van der Waals surface area contributed by atoms with Crippen LogP contribution in [0.5, 0.6) is 5.75 Å². The number of nitrogens with one attached hydrogen (secondary N) is 2. The second-order valence-electron chi connectivity index (χ2n) is 9.12. The molecule has 4 aromatic rings. The molecule has 2 fully saturated rings. The van der Waals surface area contributed by atoms with Gasteiger partial charge in [-0.1, -0.05) is 0 Å². The number of anilines is 1. The highest BCUT2D eigenvalue weighted by molar-refractivity contribution is 6.00. The van der Waals surface area contributed by atoms with Gasteiger partial charge in [-0.2, -0.15) is 5.10 Å². The Labute approximate surface area is 187 Å². The van der Waals surface area contributed by atoms with Gasteiger partial charge in [-0.3, -0.25) is 5.10 Å². The van der Waals surface area contributed by atoms with E-state index in [0.717, 1.165) is 52.3 Å². The van der Waals surface area contributed by atoms with Crippen molar-refractivity contribution in [2.75, 3.05) is 37.7 Å². The molecule has 6 rings (SSSR count). The largest absolute Gasteiger partial charge is 0.492 e. The van der Waals surface area contributed by atoms with Gasteiger partial charge in [0.1, 0.15) is 11.6 Å². The topological polar surface area (TPSA) is 83.4 Å². The summed E-state index contributed by atoms with van der Waals surface area (Å²) in [5.74, 6) is 1.85. The minimum atomic E-state index is 0.498. The number of nitrogens with zero attached hydrogens (tertiary/aromatic N) is 5. The fourth-order valence-electron chi connectivity index (χ4n) is 5.41. The fourth-order valence-corrected chi connectivity index (χ4v) is 5.41. The Hall–Kier alpha value is -3.13. The van der Waals surface area contributed by atoms with Crippen LogP contribution in [-0.2, 0) is 0 Å². The van der Waals surface area contributed by atoms with Gasteiger partial charge < -0.3 is 15.0 Å². The molecule has 0 bridgehead atoms. The van der Waals surface area contributed by atoms with Crippen molar-refractivity contribution in [2.45, 2.75) is 32.6 Å². The first kappa shape index (κ1) is 19.5. The molecule has 2 saturated heterocycles. The Kier molecular flexibility index (Phi) is 4.75. The normalized spacial score (nSPS) is 18.6. The molecule has 0 atom stereocenters. The molecule has 0 aromatic carbocycles. The van der Waals surface area contributed by atoms with E-state index >= 15 is 0 Å². The molecular formula is C24H29N7O. The number of aromatic nitrogens is 5. The molecule has 0 saturated carbocycles. The van der Waals surface area contributed by atoms with Gasteiger partial charge in [-0.15, -0.1) is 5.10 Å². The number of pyridine rings is 2. The number of hydrogen-bond acceptors (Lipinski definition) is 6. The standard InChI is InChI=1S/C24H29N7O/c1-2-32-18-12-19(22-20-14-27-28-23(20)29-31(22)15-18)17-4-5-21(26-13-17)30-10-7-24(8-11-30)6-3-9-25-16-24/h4-5,12-15,25H,2-3,6-11,16H2,1H3,(H,28,29). The van der Waals surface area contributed by atoms with E-state index in [0.29, 0.717) is 12.0 Å². The summed E-state index contributed by atoms with van der Waals surface area (Å²) >= 11 is 0. The number of aromatic amines is 1. The molecule has 0 unspecified atom stereocenters. The molecule has 1 spiro atoms. The highest BCUT2D eigenvalue weighted by Gasteiger charge is 2.35. The SMILES string of the molecule is CCOc1cc(-c2ccc(N3CCC4(CCCNC4)CC3)nc2)c2c3cn[nH]c3nn2c1. The molecule has 0 amide bonds. The van der Waals surface area contributed by atoms with Gasteiger partial charge in [0, 0.05) is 37.0 Å². The third-order valence-corrected chi connectivity index (χ3v) is 7.18. The maximum absolute atomic E-state index is 5.80.